The third-order valence-electron chi connectivity index (χ3n) is 3.23. The molecule has 0 saturated heterocycles. The smallest absolute Gasteiger partial charge is 0.123 e. The van der Waals surface area contributed by atoms with E-state index in [0.29, 0.717) is 12.6 Å². The molecular weight excluding hydrogens is 226 g/mol. The van der Waals surface area contributed by atoms with Crippen molar-refractivity contribution in [2.24, 2.45) is 5.73 Å². The summed E-state index contributed by atoms with van der Waals surface area (Å²) < 4.78 is 5.44. The molecule has 2 aromatic heterocycles. The first kappa shape index (κ1) is 11.3. The van der Waals surface area contributed by atoms with E-state index >= 15 is 0 Å². The average molecular weight is 243 g/mol. The van der Waals surface area contributed by atoms with E-state index in [9.17, 15) is 0 Å². The Morgan fingerprint density at radius 1 is 1.39 bits per heavy atom. The largest absolute Gasteiger partial charge is 0.467 e. The SMILES string of the molecule is NCc1cc(N(Cc2ccco2)C2CC2)ccn1. The van der Waals surface area contributed by atoms with E-state index < -0.39 is 0 Å². The molecule has 0 aliphatic heterocycles. The number of nitrogens with zero attached hydrogens (tertiary/aromatic N) is 2. The molecule has 4 nitrogen and oxygen atoms in total. The Balaban J connectivity index is 1.84. The van der Waals surface area contributed by atoms with Crippen LogP contribution in [0.2, 0.25) is 0 Å². The Bertz CT molecular complexity index is 506. The zero-order valence-corrected chi connectivity index (χ0v) is 10.2. The summed E-state index contributed by atoms with van der Waals surface area (Å²) in [7, 11) is 0. The van der Waals surface area contributed by atoms with E-state index in [2.05, 4.69) is 16.0 Å². The van der Waals surface area contributed by atoms with Crippen LogP contribution in [0.5, 0.6) is 0 Å². The van der Waals surface area contributed by atoms with Crippen molar-refractivity contribution >= 4 is 5.69 Å². The summed E-state index contributed by atoms with van der Waals surface area (Å²) in [4.78, 5) is 6.62. The predicted octanol–water partition coefficient (Wildman–Crippen LogP) is 2.30. The lowest BCUT2D eigenvalue weighted by molar-refractivity contribution is 0.501. The molecule has 1 fully saturated rings. The van der Waals surface area contributed by atoms with Gasteiger partial charge in [0.2, 0.25) is 0 Å². The lowest BCUT2D eigenvalue weighted by Crippen LogP contribution is -2.25. The van der Waals surface area contributed by atoms with Gasteiger partial charge in [-0.15, -0.1) is 0 Å². The van der Waals surface area contributed by atoms with Crippen molar-refractivity contribution in [3.05, 3.63) is 48.2 Å². The van der Waals surface area contributed by atoms with Crippen LogP contribution in [-0.2, 0) is 13.1 Å². The van der Waals surface area contributed by atoms with Crippen molar-refractivity contribution in [3.8, 4) is 0 Å². The van der Waals surface area contributed by atoms with Gasteiger partial charge in [-0.05, 0) is 37.1 Å². The van der Waals surface area contributed by atoms with E-state index in [4.69, 9.17) is 10.2 Å². The number of furan rings is 1. The second-order valence-corrected chi connectivity index (χ2v) is 4.65. The molecule has 3 rings (SSSR count). The fourth-order valence-corrected chi connectivity index (χ4v) is 2.14. The molecule has 0 radical (unpaired) electrons. The minimum atomic E-state index is 0.479. The van der Waals surface area contributed by atoms with Crippen LogP contribution in [0.25, 0.3) is 0 Å². The van der Waals surface area contributed by atoms with Crippen molar-refractivity contribution in [1.29, 1.82) is 0 Å². The maximum Gasteiger partial charge on any atom is 0.123 e. The molecule has 0 atom stereocenters. The maximum atomic E-state index is 5.65. The molecule has 0 unspecified atom stereocenters. The topological polar surface area (TPSA) is 55.3 Å². The lowest BCUT2D eigenvalue weighted by Gasteiger charge is -2.23. The number of aromatic nitrogens is 1. The van der Waals surface area contributed by atoms with Gasteiger partial charge in [0.15, 0.2) is 0 Å². The molecule has 94 valence electrons. The first-order valence-corrected chi connectivity index (χ1v) is 6.31. The van der Waals surface area contributed by atoms with Crippen LogP contribution < -0.4 is 10.6 Å². The average Bonchev–Trinajstić information content (AvgIpc) is 3.13. The Kier molecular flexibility index (Phi) is 3.02. The normalized spacial score (nSPS) is 14.7. The van der Waals surface area contributed by atoms with Crippen LogP contribution in [0.4, 0.5) is 5.69 Å². The van der Waals surface area contributed by atoms with E-state index in [1.165, 1.54) is 18.5 Å². The van der Waals surface area contributed by atoms with Gasteiger partial charge in [0.05, 0.1) is 18.5 Å². The van der Waals surface area contributed by atoms with E-state index in [1.807, 2.05) is 24.4 Å². The number of pyridine rings is 1. The summed E-state index contributed by atoms with van der Waals surface area (Å²) in [6, 6.07) is 8.68. The summed E-state index contributed by atoms with van der Waals surface area (Å²) >= 11 is 0. The minimum absolute atomic E-state index is 0.479. The fourth-order valence-electron chi connectivity index (χ4n) is 2.14. The van der Waals surface area contributed by atoms with Crippen LogP contribution in [0.3, 0.4) is 0 Å². The summed E-state index contributed by atoms with van der Waals surface area (Å²) in [5.41, 5.74) is 7.76. The molecule has 2 N–H and O–H groups in total. The molecule has 1 aliphatic rings. The molecule has 0 aromatic carbocycles. The van der Waals surface area contributed by atoms with Crippen LogP contribution in [0.1, 0.15) is 24.3 Å². The molecule has 0 amide bonds. The Labute approximate surface area is 106 Å². The van der Waals surface area contributed by atoms with Crippen molar-refractivity contribution < 1.29 is 4.42 Å². The molecule has 18 heavy (non-hydrogen) atoms. The number of hydrogen-bond acceptors (Lipinski definition) is 4. The van der Waals surface area contributed by atoms with Gasteiger partial charge in [-0.25, -0.2) is 0 Å². The summed E-state index contributed by atoms with van der Waals surface area (Å²) in [6.07, 6.45) is 6.05. The van der Waals surface area contributed by atoms with E-state index in [-0.39, 0.29) is 0 Å². The maximum absolute atomic E-state index is 5.65. The highest BCUT2D eigenvalue weighted by Gasteiger charge is 2.29. The van der Waals surface area contributed by atoms with E-state index in [0.717, 1.165) is 18.0 Å². The van der Waals surface area contributed by atoms with Crippen molar-refractivity contribution in [2.75, 3.05) is 4.90 Å². The predicted molar refractivity (Wildman–Crippen MR) is 70.0 cm³/mol. The van der Waals surface area contributed by atoms with Crippen molar-refractivity contribution in [2.45, 2.75) is 32.0 Å². The van der Waals surface area contributed by atoms with Crippen molar-refractivity contribution in [1.82, 2.24) is 4.98 Å². The van der Waals surface area contributed by atoms with Gasteiger partial charge in [0.25, 0.3) is 0 Å². The molecule has 0 bridgehead atoms. The highest BCUT2D eigenvalue weighted by Crippen LogP contribution is 2.33. The van der Waals surface area contributed by atoms with Crippen LogP contribution in [0.15, 0.2) is 41.1 Å². The van der Waals surface area contributed by atoms with Gasteiger partial charge in [-0.2, -0.15) is 0 Å². The highest BCUT2D eigenvalue weighted by atomic mass is 16.3. The van der Waals surface area contributed by atoms with Crippen LogP contribution in [0, 0.1) is 0 Å². The third kappa shape index (κ3) is 2.38. The monoisotopic (exact) mass is 243 g/mol. The van der Waals surface area contributed by atoms with Crippen molar-refractivity contribution in [3.63, 3.8) is 0 Å². The van der Waals surface area contributed by atoms with Gasteiger partial charge in [-0.3, -0.25) is 4.98 Å². The standard InChI is InChI=1S/C14H17N3O/c15-9-11-8-13(5-6-16-11)17(12-3-4-12)10-14-2-1-7-18-14/h1-2,5-8,12H,3-4,9-10,15H2. The third-order valence-corrected chi connectivity index (χ3v) is 3.23. The minimum Gasteiger partial charge on any atom is -0.467 e. The zero-order valence-electron chi connectivity index (χ0n) is 10.2. The van der Waals surface area contributed by atoms with Crippen LogP contribution >= 0.6 is 0 Å². The number of hydrogen-bond donors (Lipinski definition) is 1. The molecular formula is C14H17N3O. The number of nitrogens with two attached hydrogens (primary N) is 1. The molecule has 2 heterocycles. The van der Waals surface area contributed by atoms with Gasteiger partial charge in [0, 0.05) is 24.5 Å². The molecule has 0 spiro atoms. The fraction of sp³-hybridized carbons (Fsp3) is 0.357. The van der Waals surface area contributed by atoms with Gasteiger partial charge in [0.1, 0.15) is 5.76 Å². The summed E-state index contributed by atoms with van der Waals surface area (Å²) in [5, 5.41) is 0. The summed E-state index contributed by atoms with van der Waals surface area (Å²) in [6.45, 7) is 1.29. The second-order valence-electron chi connectivity index (χ2n) is 4.65. The Hall–Kier alpha value is -1.81. The molecule has 4 heteroatoms. The number of anilines is 1. The van der Waals surface area contributed by atoms with E-state index in [1.54, 1.807) is 6.26 Å². The Morgan fingerprint density at radius 2 is 2.28 bits per heavy atom. The van der Waals surface area contributed by atoms with Gasteiger partial charge >= 0.3 is 0 Å². The molecule has 2 aromatic rings. The van der Waals surface area contributed by atoms with Gasteiger partial charge < -0.3 is 15.1 Å². The quantitative estimate of drug-likeness (QED) is 0.875. The van der Waals surface area contributed by atoms with Gasteiger partial charge in [-0.1, -0.05) is 0 Å². The Morgan fingerprint density at radius 3 is 2.94 bits per heavy atom. The number of rotatable bonds is 5. The zero-order chi connectivity index (χ0) is 12.4. The first-order valence-electron chi connectivity index (χ1n) is 6.31. The second kappa shape index (κ2) is 4.82. The van der Waals surface area contributed by atoms with Crippen LogP contribution in [-0.4, -0.2) is 11.0 Å². The highest BCUT2D eigenvalue weighted by molar-refractivity contribution is 5.49. The first-order chi connectivity index (χ1) is 8.86. The molecule has 1 saturated carbocycles. The molecule has 1 aliphatic carbocycles. The summed E-state index contributed by atoms with van der Waals surface area (Å²) in [5.74, 6) is 0.994. The lowest BCUT2D eigenvalue weighted by atomic mass is 10.2.